The average molecular weight is 318 g/mol. The number of rotatable bonds is 3. The van der Waals surface area contributed by atoms with Gasteiger partial charge >= 0.3 is 6.36 Å². The minimum atomic E-state index is -4.67. The molecule has 0 radical (unpaired) electrons. The molecule has 0 aromatic heterocycles. The first kappa shape index (κ1) is 17.3. The summed E-state index contributed by atoms with van der Waals surface area (Å²) >= 11 is 0. The number of hydrogen-bond donors (Lipinski definition) is 1. The Morgan fingerprint density at radius 3 is 1.71 bits per heavy atom. The van der Waals surface area contributed by atoms with Gasteiger partial charge in [-0.25, -0.2) is 0 Å². The fourth-order valence-electron chi connectivity index (χ4n) is 1.83. The monoisotopic (exact) mass is 317 g/mol. The van der Waals surface area contributed by atoms with Crippen LogP contribution in [0.25, 0.3) is 11.1 Å². The molecule has 0 unspecified atom stereocenters. The van der Waals surface area contributed by atoms with E-state index in [-0.39, 0.29) is 24.2 Å². The summed E-state index contributed by atoms with van der Waals surface area (Å²) in [5.74, 6) is -0.228. The first-order chi connectivity index (χ1) is 9.35. The Morgan fingerprint density at radius 1 is 0.905 bits per heavy atom. The predicted molar refractivity (Wildman–Crippen MR) is 78.4 cm³/mol. The van der Waals surface area contributed by atoms with Gasteiger partial charge in [-0.1, -0.05) is 36.4 Å². The fraction of sp³-hybridized carbons (Fsp3) is 0.200. The molecule has 114 valence electrons. The molecule has 0 aliphatic carbocycles. The third kappa shape index (κ3) is 4.95. The van der Waals surface area contributed by atoms with Crippen LogP contribution in [0, 0.1) is 0 Å². The Kier molecular flexibility index (Phi) is 5.63. The summed E-state index contributed by atoms with van der Waals surface area (Å²) in [7, 11) is 0. The van der Waals surface area contributed by atoms with E-state index in [9.17, 15) is 13.2 Å². The summed E-state index contributed by atoms with van der Waals surface area (Å²) in [6.07, 6.45) is -4.67. The van der Waals surface area contributed by atoms with Gasteiger partial charge in [0.05, 0.1) is 0 Å². The minimum absolute atomic E-state index is 0. The lowest BCUT2D eigenvalue weighted by Gasteiger charge is -2.10. The van der Waals surface area contributed by atoms with E-state index in [4.69, 9.17) is 5.73 Å². The molecule has 1 atom stereocenters. The SMILES string of the molecule is C[C@@H](N)c1ccc(-c2ccc(OC(F)(F)F)cc2)cc1.Cl. The molecule has 2 aromatic rings. The Hall–Kier alpha value is -1.72. The lowest BCUT2D eigenvalue weighted by atomic mass is 10.0. The van der Waals surface area contributed by atoms with Gasteiger partial charge < -0.3 is 10.5 Å². The van der Waals surface area contributed by atoms with Gasteiger partial charge in [0, 0.05) is 6.04 Å². The maximum Gasteiger partial charge on any atom is 0.573 e. The maximum absolute atomic E-state index is 12.1. The molecule has 2 rings (SSSR count). The molecule has 6 heteroatoms. The van der Waals surface area contributed by atoms with Crippen molar-refractivity contribution in [3.8, 4) is 16.9 Å². The van der Waals surface area contributed by atoms with E-state index in [1.807, 2.05) is 31.2 Å². The molecule has 2 N–H and O–H groups in total. The third-order valence-electron chi connectivity index (χ3n) is 2.86. The second-order valence-electron chi connectivity index (χ2n) is 4.48. The topological polar surface area (TPSA) is 35.2 Å². The lowest BCUT2D eigenvalue weighted by molar-refractivity contribution is -0.274. The van der Waals surface area contributed by atoms with Gasteiger partial charge in [-0.2, -0.15) is 0 Å². The van der Waals surface area contributed by atoms with E-state index in [2.05, 4.69) is 4.74 Å². The van der Waals surface area contributed by atoms with Crippen molar-refractivity contribution >= 4 is 12.4 Å². The van der Waals surface area contributed by atoms with E-state index < -0.39 is 6.36 Å². The maximum atomic E-state index is 12.1. The molecule has 0 saturated carbocycles. The summed E-state index contributed by atoms with van der Waals surface area (Å²) in [4.78, 5) is 0. The second kappa shape index (κ2) is 6.83. The fourth-order valence-corrected chi connectivity index (χ4v) is 1.83. The van der Waals surface area contributed by atoms with Crippen LogP contribution in [0.4, 0.5) is 13.2 Å². The van der Waals surface area contributed by atoms with E-state index in [0.29, 0.717) is 0 Å². The molecule has 0 bridgehead atoms. The van der Waals surface area contributed by atoms with Crippen molar-refractivity contribution in [2.75, 3.05) is 0 Å². The molecule has 21 heavy (non-hydrogen) atoms. The number of nitrogens with two attached hydrogens (primary N) is 1. The van der Waals surface area contributed by atoms with Crippen molar-refractivity contribution in [3.63, 3.8) is 0 Å². The Labute approximate surface area is 127 Å². The first-order valence-electron chi connectivity index (χ1n) is 6.07. The molecule has 0 saturated heterocycles. The van der Waals surface area contributed by atoms with E-state index >= 15 is 0 Å². The van der Waals surface area contributed by atoms with Crippen LogP contribution in [-0.2, 0) is 0 Å². The third-order valence-corrected chi connectivity index (χ3v) is 2.86. The van der Waals surface area contributed by atoms with Crippen molar-refractivity contribution in [1.82, 2.24) is 0 Å². The van der Waals surface area contributed by atoms with Crippen LogP contribution >= 0.6 is 12.4 Å². The van der Waals surface area contributed by atoms with Crippen LogP contribution in [0.2, 0.25) is 0 Å². The van der Waals surface area contributed by atoms with Crippen molar-refractivity contribution in [2.24, 2.45) is 5.73 Å². The van der Waals surface area contributed by atoms with Gasteiger partial charge in [-0.15, -0.1) is 25.6 Å². The Balaban J connectivity index is 0.00000220. The Bertz CT molecular complexity index is 565. The molecule has 0 fully saturated rings. The molecule has 0 spiro atoms. The van der Waals surface area contributed by atoms with Gasteiger partial charge in [0.1, 0.15) is 5.75 Å². The van der Waals surface area contributed by atoms with Gasteiger partial charge in [0.15, 0.2) is 0 Å². The zero-order chi connectivity index (χ0) is 14.8. The molecule has 0 aliphatic heterocycles. The van der Waals surface area contributed by atoms with Crippen LogP contribution in [0.15, 0.2) is 48.5 Å². The second-order valence-corrected chi connectivity index (χ2v) is 4.48. The highest BCUT2D eigenvalue weighted by Crippen LogP contribution is 2.27. The van der Waals surface area contributed by atoms with Crippen LogP contribution < -0.4 is 10.5 Å². The Morgan fingerprint density at radius 2 is 1.33 bits per heavy atom. The van der Waals surface area contributed by atoms with Gasteiger partial charge in [-0.3, -0.25) is 0 Å². The number of hydrogen-bond acceptors (Lipinski definition) is 2. The predicted octanol–water partition coefficient (Wildman–Crippen LogP) is 4.69. The zero-order valence-corrected chi connectivity index (χ0v) is 12.0. The summed E-state index contributed by atoms with van der Waals surface area (Å²) in [5, 5.41) is 0. The molecular formula is C15H15ClF3NO. The zero-order valence-electron chi connectivity index (χ0n) is 11.2. The number of benzene rings is 2. The molecule has 0 heterocycles. The van der Waals surface area contributed by atoms with E-state index in [0.717, 1.165) is 16.7 Å². The minimum Gasteiger partial charge on any atom is -0.406 e. The van der Waals surface area contributed by atoms with Crippen LogP contribution in [0.1, 0.15) is 18.5 Å². The highest BCUT2D eigenvalue weighted by atomic mass is 35.5. The van der Waals surface area contributed by atoms with Gasteiger partial charge in [0.2, 0.25) is 0 Å². The van der Waals surface area contributed by atoms with Crippen LogP contribution in [-0.4, -0.2) is 6.36 Å². The number of halogens is 4. The largest absolute Gasteiger partial charge is 0.573 e. The summed E-state index contributed by atoms with van der Waals surface area (Å²) in [6, 6.07) is 13.3. The highest BCUT2D eigenvalue weighted by Gasteiger charge is 2.30. The van der Waals surface area contributed by atoms with Crippen molar-refractivity contribution in [2.45, 2.75) is 19.3 Å². The number of alkyl halides is 3. The molecule has 2 nitrogen and oxygen atoms in total. The molecular weight excluding hydrogens is 303 g/mol. The van der Waals surface area contributed by atoms with Gasteiger partial charge in [0.25, 0.3) is 0 Å². The van der Waals surface area contributed by atoms with Crippen molar-refractivity contribution < 1.29 is 17.9 Å². The smallest absolute Gasteiger partial charge is 0.406 e. The standard InChI is InChI=1S/C15H14F3NO.ClH/c1-10(19)11-2-4-12(5-3-11)13-6-8-14(9-7-13)20-15(16,17)18;/h2-10H,19H2,1H3;1H/t10-;/m1./s1. The lowest BCUT2D eigenvalue weighted by Crippen LogP contribution is -2.16. The van der Waals surface area contributed by atoms with E-state index in [1.165, 1.54) is 12.1 Å². The summed E-state index contributed by atoms with van der Waals surface area (Å²) < 4.78 is 40.0. The quantitative estimate of drug-likeness (QED) is 0.891. The summed E-state index contributed by atoms with van der Waals surface area (Å²) in [5.41, 5.74) is 8.49. The highest BCUT2D eigenvalue weighted by molar-refractivity contribution is 5.85. The van der Waals surface area contributed by atoms with Crippen molar-refractivity contribution in [3.05, 3.63) is 54.1 Å². The molecule has 0 aliphatic rings. The molecule has 0 amide bonds. The van der Waals surface area contributed by atoms with Gasteiger partial charge in [-0.05, 0) is 35.7 Å². The summed E-state index contributed by atoms with van der Waals surface area (Å²) in [6.45, 7) is 1.89. The van der Waals surface area contributed by atoms with Crippen molar-refractivity contribution in [1.29, 1.82) is 0 Å². The van der Waals surface area contributed by atoms with Crippen LogP contribution in [0.3, 0.4) is 0 Å². The average Bonchev–Trinajstić information content (AvgIpc) is 2.38. The molecule has 2 aromatic carbocycles. The van der Waals surface area contributed by atoms with E-state index in [1.54, 1.807) is 12.1 Å². The number of ether oxygens (including phenoxy) is 1. The normalized spacial score (nSPS) is 12.4. The first-order valence-corrected chi connectivity index (χ1v) is 6.07. The van der Waals surface area contributed by atoms with Crippen LogP contribution in [0.5, 0.6) is 5.75 Å².